The van der Waals surface area contributed by atoms with E-state index >= 15 is 0 Å². The first-order chi connectivity index (χ1) is 9.79. The molecular formula is C15H15N3O2. The first-order valence-corrected chi connectivity index (χ1v) is 6.52. The van der Waals surface area contributed by atoms with Crippen LogP contribution in [0.5, 0.6) is 5.75 Å². The molecule has 0 bridgehead atoms. The van der Waals surface area contributed by atoms with Crippen LogP contribution in [-0.2, 0) is 6.42 Å². The highest BCUT2D eigenvalue weighted by molar-refractivity contribution is 5.74. The van der Waals surface area contributed by atoms with Gasteiger partial charge in [0, 0.05) is 25.3 Å². The van der Waals surface area contributed by atoms with Gasteiger partial charge in [-0.2, -0.15) is 0 Å². The minimum atomic E-state index is 0.122. The number of aryl methyl sites for hydroxylation is 1. The molecule has 1 aromatic carbocycles. The van der Waals surface area contributed by atoms with E-state index in [2.05, 4.69) is 9.97 Å². The number of phenols is 1. The molecule has 0 spiro atoms. The number of fused-ring (bicyclic) bond motifs is 1. The van der Waals surface area contributed by atoms with Crippen LogP contribution in [0.4, 0.5) is 0 Å². The molecule has 2 N–H and O–H groups in total. The molecule has 0 aliphatic rings. The summed E-state index contributed by atoms with van der Waals surface area (Å²) in [5, 5.41) is 18.7. The van der Waals surface area contributed by atoms with Gasteiger partial charge in [-0.05, 0) is 30.7 Å². The third kappa shape index (κ3) is 2.23. The molecule has 2 heterocycles. The molecule has 102 valence electrons. The lowest BCUT2D eigenvalue weighted by Crippen LogP contribution is -2.03. The van der Waals surface area contributed by atoms with Gasteiger partial charge in [-0.1, -0.05) is 6.07 Å². The first-order valence-electron chi connectivity index (χ1n) is 6.52. The van der Waals surface area contributed by atoms with Gasteiger partial charge in [0.2, 0.25) is 0 Å². The molecule has 2 aromatic heterocycles. The van der Waals surface area contributed by atoms with Crippen molar-refractivity contribution in [1.82, 2.24) is 14.5 Å². The number of aromatic hydroxyl groups is 1. The van der Waals surface area contributed by atoms with Crippen molar-refractivity contribution < 1.29 is 10.2 Å². The third-order valence-electron chi connectivity index (χ3n) is 3.13. The number of aliphatic hydroxyl groups excluding tert-OH is 1. The summed E-state index contributed by atoms with van der Waals surface area (Å²) in [6.07, 6.45) is 3.02. The van der Waals surface area contributed by atoms with Crippen molar-refractivity contribution >= 4 is 11.2 Å². The Morgan fingerprint density at radius 3 is 2.85 bits per heavy atom. The Bertz CT molecular complexity index is 737. The van der Waals surface area contributed by atoms with Crippen LogP contribution in [0.1, 0.15) is 12.2 Å². The minimum absolute atomic E-state index is 0.122. The number of benzene rings is 1. The zero-order valence-corrected chi connectivity index (χ0v) is 10.9. The van der Waals surface area contributed by atoms with Gasteiger partial charge < -0.3 is 10.2 Å². The number of hydrogen-bond donors (Lipinski definition) is 2. The van der Waals surface area contributed by atoms with Gasteiger partial charge in [-0.25, -0.2) is 9.97 Å². The van der Waals surface area contributed by atoms with Crippen molar-refractivity contribution in [3.05, 3.63) is 48.4 Å². The highest BCUT2D eigenvalue weighted by atomic mass is 16.3. The van der Waals surface area contributed by atoms with E-state index in [-0.39, 0.29) is 12.4 Å². The smallest absolute Gasteiger partial charge is 0.164 e. The summed E-state index contributed by atoms with van der Waals surface area (Å²) >= 11 is 0. The van der Waals surface area contributed by atoms with Gasteiger partial charge in [0.15, 0.2) is 5.65 Å². The molecular weight excluding hydrogens is 254 g/mol. The van der Waals surface area contributed by atoms with Crippen LogP contribution in [0.25, 0.3) is 16.9 Å². The summed E-state index contributed by atoms with van der Waals surface area (Å²) in [6.45, 7) is 0.122. The van der Waals surface area contributed by atoms with E-state index in [9.17, 15) is 5.11 Å². The predicted octanol–water partition coefficient (Wildman–Crippen LogP) is 2.05. The normalized spacial score (nSPS) is 11.1. The number of imidazole rings is 1. The fourth-order valence-electron chi connectivity index (χ4n) is 2.27. The standard InChI is InChI=1S/C15H15N3O2/c19-9-3-7-14-17-13-6-2-8-16-15(13)18(14)11-4-1-5-12(20)10-11/h1-2,4-6,8,10,19-20H,3,7,9H2. The zero-order chi connectivity index (χ0) is 13.9. The quantitative estimate of drug-likeness (QED) is 0.760. The Kier molecular flexibility index (Phi) is 3.35. The van der Waals surface area contributed by atoms with Gasteiger partial charge in [-0.15, -0.1) is 0 Å². The van der Waals surface area contributed by atoms with Gasteiger partial charge in [0.25, 0.3) is 0 Å². The summed E-state index contributed by atoms with van der Waals surface area (Å²) in [6, 6.07) is 10.7. The fraction of sp³-hybridized carbons (Fsp3) is 0.200. The van der Waals surface area contributed by atoms with Crippen LogP contribution in [0.3, 0.4) is 0 Å². The van der Waals surface area contributed by atoms with E-state index in [1.807, 2.05) is 22.8 Å². The topological polar surface area (TPSA) is 71.2 Å². The fourth-order valence-corrected chi connectivity index (χ4v) is 2.27. The monoisotopic (exact) mass is 269 g/mol. The van der Waals surface area contributed by atoms with Crippen LogP contribution in [0.15, 0.2) is 42.6 Å². The maximum atomic E-state index is 9.66. The molecule has 0 saturated carbocycles. The number of phenolic OH excluding ortho intramolecular Hbond substituents is 1. The Labute approximate surface area is 116 Å². The summed E-state index contributed by atoms with van der Waals surface area (Å²) in [5.41, 5.74) is 2.38. The van der Waals surface area contributed by atoms with E-state index in [0.717, 1.165) is 22.7 Å². The molecule has 0 amide bonds. The molecule has 0 radical (unpaired) electrons. The highest BCUT2D eigenvalue weighted by Crippen LogP contribution is 2.23. The molecule has 0 aliphatic carbocycles. The molecule has 3 aromatic rings. The van der Waals surface area contributed by atoms with Crippen LogP contribution in [0, 0.1) is 0 Å². The minimum Gasteiger partial charge on any atom is -0.508 e. The number of aromatic nitrogens is 3. The van der Waals surface area contributed by atoms with Crippen LogP contribution >= 0.6 is 0 Å². The number of nitrogens with zero attached hydrogens (tertiary/aromatic N) is 3. The summed E-state index contributed by atoms with van der Waals surface area (Å²) in [7, 11) is 0. The Hall–Kier alpha value is -2.40. The van der Waals surface area contributed by atoms with E-state index in [1.54, 1.807) is 24.4 Å². The maximum absolute atomic E-state index is 9.66. The Balaban J connectivity index is 2.20. The molecule has 20 heavy (non-hydrogen) atoms. The van der Waals surface area contributed by atoms with Gasteiger partial charge in [0.05, 0.1) is 5.69 Å². The second-order valence-corrected chi connectivity index (χ2v) is 4.56. The van der Waals surface area contributed by atoms with Crippen molar-refractivity contribution in [3.8, 4) is 11.4 Å². The van der Waals surface area contributed by atoms with Crippen molar-refractivity contribution in [2.24, 2.45) is 0 Å². The molecule has 0 fully saturated rings. The maximum Gasteiger partial charge on any atom is 0.164 e. The molecule has 0 aliphatic heterocycles. The average Bonchev–Trinajstić information content (AvgIpc) is 2.83. The van der Waals surface area contributed by atoms with E-state index < -0.39 is 0 Å². The average molecular weight is 269 g/mol. The molecule has 5 heteroatoms. The Morgan fingerprint density at radius 1 is 1.15 bits per heavy atom. The second-order valence-electron chi connectivity index (χ2n) is 4.56. The molecule has 0 saturated heterocycles. The van der Waals surface area contributed by atoms with Gasteiger partial charge >= 0.3 is 0 Å². The number of hydrogen-bond acceptors (Lipinski definition) is 4. The zero-order valence-electron chi connectivity index (χ0n) is 10.9. The van der Waals surface area contributed by atoms with Crippen molar-refractivity contribution in [3.63, 3.8) is 0 Å². The van der Waals surface area contributed by atoms with Crippen LogP contribution in [0.2, 0.25) is 0 Å². The molecule has 3 rings (SSSR count). The first kappa shape index (κ1) is 12.6. The Morgan fingerprint density at radius 2 is 2.05 bits per heavy atom. The lowest BCUT2D eigenvalue weighted by Gasteiger charge is -2.08. The molecule has 5 nitrogen and oxygen atoms in total. The summed E-state index contributed by atoms with van der Waals surface area (Å²) in [5.74, 6) is 1.03. The van der Waals surface area contributed by atoms with E-state index in [1.165, 1.54) is 0 Å². The van der Waals surface area contributed by atoms with E-state index in [4.69, 9.17) is 5.11 Å². The number of aliphatic hydroxyl groups is 1. The van der Waals surface area contributed by atoms with Gasteiger partial charge in [-0.3, -0.25) is 4.57 Å². The largest absolute Gasteiger partial charge is 0.508 e. The van der Waals surface area contributed by atoms with Crippen LogP contribution < -0.4 is 0 Å². The third-order valence-corrected chi connectivity index (χ3v) is 3.13. The second kappa shape index (κ2) is 5.30. The number of pyridine rings is 1. The highest BCUT2D eigenvalue weighted by Gasteiger charge is 2.13. The van der Waals surface area contributed by atoms with Gasteiger partial charge in [0.1, 0.15) is 17.1 Å². The molecule has 0 unspecified atom stereocenters. The summed E-state index contributed by atoms with van der Waals surface area (Å²) in [4.78, 5) is 8.94. The van der Waals surface area contributed by atoms with Crippen molar-refractivity contribution in [1.29, 1.82) is 0 Å². The predicted molar refractivity (Wildman–Crippen MR) is 75.9 cm³/mol. The lowest BCUT2D eigenvalue weighted by molar-refractivity contribution is 0.287. The summed E-state index contributed by atoms with van der Waals surface area (Å²) < 4.78 is 1.92. The van der Waals surface area contributed by atoms with Crippen LogP contribution in [-0.4, -0.2) is 31.4 Å². The molecule has 0 atom stereocenters. The number of rotatable bonds is 4. The van der Waals surface area contributed by atoms with E-state index in [0.29, 0.717) is 12.8 Å². The SMILES string of the molecule is OCCCc1nc2cccnc2n1-c1cccc(O)c1. The van der Waals surface area contributed by atoms with Crippen molar-refractivity contribution in [2.75, 3.05) is 6.61 Å². The lowest BCUT2D eigenvalue weighted by atomic mass is 10.2. The van der Waals surface area contributed by atoms with Crippen molar-refractivity contribution in [2.45, 2.75) is 12.8 Å².